The second kappa shape index (κ2) is 4.73. The number of halogens is 4. The van der Waals surface area contributed by atoms with Crippen molar-refractivity contribution in [3.8, 4) is 0 Å². The Balaban J connectivity index is 0.000000686. The Morgan fingerprint density at radius 1 is 1.24 bits per heavy atom. The maximum absolute atomic E-state index is 12.9. The second-order valence-electron chi connectivity index (χ2n) is 3.13. The number of pyridine rings is 1. The Morgan fingerprint density at radius 3 is 2.35 bits per heavy atom. The van der Waals surface area contributed by atoms with Crippen LogP contribution in [0.3, 0.4) is 0 Å². The Kier molecular flexibility index (Phi) is 3.75. The predicted octanol–water partition coefficient (Wildman–Crippen LogP) is 3.83. The first-order chi connectivity index (χ1) is 7.89. The zero-order valence-corrected chi connectivity index (χ0v) is 9.64. The fraction of sp³-hybridized carbons (Fsp3) is 0.364. The molecule has 6 heteroatoms. The average molecular weight is 248 g/mol. The van der Waals surface area contributed by atoms with Gasteiger partial charge in [-0.15, -0.1) is 0 Å². The molecule has 94 valence electrons. The summed E-state index contributed by atoms with van der Waals surface area (Å²) >= 11 is 0. The molecule has 0 aromatic carbocycles. The van der Waals surface area contributed by atoms with Crippen LogP contribution in [0.15, 0.2) is 18.5 Å². The molecule has 0 saturated heterocycles. The fourth-order valence-electron chi connectivity index (χ4n) is 1.42. The Labute approximate surface area is 95.9 Å². The monoisotopic (exact) mass is 248 g/mol. The molecule has 0 atom stereocenters. The molecular weight excluding hydrogens is 236 g/mol. The molecule has 0 bridgehead atoms. The molecule has 2 rings (SSSR count). The van der Waals surface area contributed by atoms with Crippen LogP contribution in [0, 0.1) is 12.7 Å². The highest BCUT2D eigenvalue weighted by Crippen LogP contribution is 2.33. The summed E-state index contributed by atoms with van der Waals surface area (Å²) in [5.74, 6) is -0.620. The van der Waals surface area contributed by atoms with E-state index in [1.54, 1.807) is 0 Å². The van der Waals surface area contributed by atoms with Crippen molar-refractivity contribution < 1.29 is 17.6 Å². The Bertz CT molecular complexity index is 514. The summed E-state index contributed by atoms with van der Waals surface area (Å²) < 4.78 is 51.5. The van der Waals surface area contributed by atoms with Crippen LogP contribution >= 0.6 is 0 Å². The van der Waals surface area contributed by atoms with Crippen molar-refractivity contribution in [2.45, 2.75) is 26.9 Å². The smallest absolute Gasteiger partial charge is 0.300 e. The van der Waals surface area contributed by atoms with Crippen LogP contribution in [0.2, 0.25) is 0 Å². The SMILES string of the molecule is CC.Cc1ncc2c(C(F)(F)F)cc(F)cn12. The van der Waals surface area contributed by atoms with E-state index in [1.807, 2.05) is 13.8 Å². The fourth-order valence-corrected chi connectivity index (χ4v) is 1.42. The molecule has 17 heavy (non-hydrogen) atoms. The third-order valence-electron chi connectivity index (χ3n) is 2.10. The molecule has 0 aliphatic heterocycles. The van der Waals surface area contributed by atoms with Crippen LogP contribution in [-0.2, 0) is 6.18 Å². The van der Waals surface area contributed by atoms with Gasteiger partial charge in [-0.25, -0.2) is 9.37 Å². The van der Waals surface area contributed by atoms with E-state index in [9.17, 15) is 17.6 Å². The van der Waals surface area contributed by atoms with Gasteiger partial charge in [0.25, 0.3) is 0 Å². The zero-order valence-electron chi connectivity index (χ0n) is 9.64. The number of imidazole rings is 1. The van der Waals surface area contributed by atoms with Crippen LogP contribution in [0.4, 0.5) is 17.6 Å². The molecule has 0 spiro atoms. The lowest BCUT2D eigenvalue weighted by Crippen LogP contribution is -2.08. The predicted molar refractivity (Wildman–Crippen MR) is 56.2 cm³/mol. The molecular formula is C11H12F4N2. The van der Waals surface area contributed by atoms with Gasteiger partial charge in [-0.3, -0.25) is 0 Å². The molecule has 0 fully saturated rings. The van der Waals surface area contributed by atoms with Gasteiger partial charge in [0.05, 0.1) is 17.3 Å². The highest BCUT2D eigenvalue weighted by Gasteiger charge is 2.34. The minimum absolute atomic E-state index is 0.138. The van der Waals surface area contributed by atoms with Crippen LogP contribution in [0.25, 0.3) is 5.52 Å². The number of hydrogen-bond acceptors (Lipinski definition) is 1. The van der Waals surface area contributed by atoms with Gasteiger partial charge in [0, 0.05) is 6.20 Å². The molecule has 0 N–H and O–H groups in total. The van der Waals surface area contributed by atoms with Crippen LogP contribution in [-0.4, -0.2) is 9.38 Å². The van der Waals surface area contributed by atoms with E-state index in [-0.39, 0.29) is 5.52 Å². The largest absolute Gasteiger partial charge is 0.418 e. The summed E-state index contributed by atoms with van der Waals surface area (Å²) in [6.45, 7) is 5.51. The molecule has 0 aliphatic carbocycles. The van der Waals surface area contributed by atoms with Crippen molar-refractivity contribution in [3.63, 3.8) is 0 Å². The third kappa shape index (κ3) is 2.57. The van der Waals surface area contributed by atoms with E-state index >= 15 is 0 Å². The summed E-state index contributed by atoms with van der Waals surface area (Å²) in [5.41, 5.74) is -1.15. The van der Waals surface area contributed by atoms with Gasteiger partial charge < -0.3 is 4.40 Å². The highest BCUT2D eigenvalue weighted by atomic mass is 19.4. The first-order valence-corrected chi connectivity index (χ1v) is 5.10. The summed E-state index contributed by atoms with van der Waals surface area (Å²) in [7, 11) is 0. The Morgan fingerprint density at radius 2 is 1.82 bits per heavy atom. The van der Waals surface area contributed by atoms with E-state index in [4.69, 9.17) is 0 Å². The van der Waals surface area contributed by atoms with E-state index < -0.39 is 17.6 Å². The molecule has 0 amide bonds. The normalized spacial score (nSPS) is 11.2. The third-order valence-corrected chi connectivity index (χ3v) is 2.10. The number of rotatable bonds is 0. The van der Waals surface area contributed by atoms with Crippen LogP contribution in [0.5, 0.6) is 0 Å². The van der Waals surface area contributed by atoms with E-state index in [0.29, 0.717) is 11.9 Å². The molecule has 0 unspecified atom stereocenters. The lowest BCUT2D eigenvalue weighted by molar-refractivity contribution is -0.136. The lowest BCUT2D eigenvalue weighted by atomic mass is 10.2. The van der Waals surface area contributed by atoms with Gasteiger partial charge in [-0.2, -0.15) is 13.2 Å². The molecule has 2 aromatic heterocycles. The van der Waals surface area contributed by atoms with Crippen molar-refractivity contribution in [1.82, 2.24) is 9.38 Å². The number of nitrogens with zero attached hydrogens (tertiary/aromatic N) is 2. The van der Waals surface area contributed by atoms with Crippen LogP contribution < -0.4 is 0 Å². The van der Waals surface area contributed by atoms with Crippen molar-refractivity contribution in [1.29, 1.82) is 0 Å². The minimum Gasteiger partial charge on any atom is -0.300 e. The molecule has 0 aliphatic rings. The summed E-state index contributed by atoms with van der Waals surface area (Å²) in [4.78, 5) is 3.71. The van der Waals surface area contributed by atoms with E-state index in [0.717, 1.165) is 16.8 Å². The van der Waals surface area contributed by atoms with Gasteiger partial charge >= 0.3 is 6.18 Å². The summed E-state index contributed by atoms with van der Waals surface area (Å²) in [6, 6.07) is 0.469. The van der Waals surface area contributed by atoms with Crippen molar-refractivity contribution in [2.24, 2.45) is 0 Å². The lowest BCUT2D eigenvalue weighted by Gasteiger charge is -2.08. The molecule has 2 nitrogen and oxygen atoms in total. The van der Waals surface area contributed by atoms with Gasteiger partial charge in [0.2, 0.25) is 0 Å². The summed E-state index contributed by atoms with van der Waals surface area (Å²) in [5, 5.41) is 0. The summed E-state index contributed by atoms with van der Waals surface area (Å²) in [6.07, 6.45) is -2.51. The van der Waals surface area contributed by atoms with E-state index in [1.165, 1.54) is 6.92 Å². The van der Waals surface area contributed by atoms with Gasteiger partial charge in [0.1, 0.15) is 11.6 Å². The number of aryl methyl sites for hydroxylation is 1. The highest BCUT2D eigenvalue weighted by molar-refractivity contribution is 5.55. The van der Waals surface area contributed by atoms with Gasteiger partial charge in [0.15, 0.2) is 0 Å². The zero-order chi connectivity index (χ0) is 13.2. The first kappa shape index (κ1) is 13.5. The standard InChI is InChI=1S/C9H6F4N2.C2H6/c1-5-14-3-8-7(9(11,12)13)2-6(10)4-15(5)8;1-2/h2-4H,1H3;1-2H3. The molecule has 0 radical (unpaired) electrons. The maximum Gasteiger partial charge on any atom is 0.418 e. The minimum atomic E-state index is -4.57. The van der Waals surface area contributed by atoms with E-state index in [2.05, 4.69) is 4.98 Å². The number of alkyl halides is 3. The van der Waals surface area contributed by atoms with Crippen LogP contribution in [0.1, 0.15) is 25.2 Å². The topological polar surface area (TPSA) is 17.3 Å². The van der Waals surface area contributed by atoms with Gasteiger partial charge in [-0.1, -0.05) is 13.8 Å². The molecule has 0 saturated carbocycles. The Hall–Kier alpha value is -1.59. The number of hydrogen-bond donors (Lipinski definition) is 0. The second-order valence-corrected chi connectivity index (χ2v) is 3.13. The maximum atomic E-state index is 12.9. The molecule has 2 heterocycles. The average Bonchev–Trinajstić information content (AvgIpc) is 2.61. The van der Waals surface area contributed by atoms with Crippen molar-refractivity contribution >= 4 is 5.52 Å². The number of fused-ring (bicyclic) bond motifs is 1. The molecule has 2 aromatic rings. The first-order valence-electron chi connectivity index (χ1n) is 5.10. The van der Waals surface area contributed by atoms with Crippen molar-refractivity contribution in [2.75, 3.05) is 0 Å². The number of aromatic nitrogens is 2. The van der Waals surface area contributed by atoms with Gasteiger partial charge in [-0.05, 0) is 13.0 Å². The quantitative estimate of drug-likeness (QED) is 0.648. The van der Waals surface area contributed by atoms with Crippen molar-refractivity contribution in [3.05, 3.63) is 35.7 Å².